The Balaban J connectivity index is 2.39. The second-order valence-electron chi connectivity index (χ2n) is 3.61. The Morgan fingerprint density at radius 1 is 1.26 bits per heavy atom. The minimum absolute atomic E-state index is 0.0118. The quantitative estimate of drug-likeness (QED) is 0.617. The van der Waals surface area contributed by atoms with Gasteiger partial charge in [-0.1, -0.05) is 0 Å². The molecule has 0 amide bonds. The molecule has 0 radical (unpaired) electrons. The minimum atomic E-state index is -0.802. The average Bonchev–Trinajstić information content (AvgIpc) is 2.38. The molecule has 1 heterocycles. The third-order valence-electron chi connectivity index (χ3n) is 2.37. The number of carbonyl (C=O) groups is 1. The van der Waals surface area contributed by atoms with Crippen molar-refractivity contribution in [1.29, 1.82) is 0 Å². The molecular weight excluding hydrogens is 252 g/mol. The lowest BCUT2D eigenvalue weighted by atomic mass is 10.2. The summed E-state index contributed by atoms with van der Waals surface area (Å²) < 4.78 is 0.775. The van der Waals surface area contributed by atoms with E-state index < -0.39 is 16.5 Å². The van der Waals surface area contributed by atoms with E-state index >= 15 is 0 Å². The first-order valence-electron chi connectivity index (χ1n) is 5.13. The molecule has 2 aromatic rings. The lowest BCUT2D eigenvalue weighted by molar-refractivity contribution is -0.384. The smallest absolute Gasteiger partial charge is 0.356 e. The fourth-order valence-electron chi connectivity index (χ4n) is 1.44. The Morgan fingerprint density at radius 2 is 1.89 bits per heavy atom. The highest BCUT2D eigenvalue weighted by atomic mass is 16.6. The van der Waals surface area contributed by atoms with Gasteiger partial charge in [-0.3, -0.25) is 14.9 Å². The van der Waals surface area contributed by atoms with Crippen LogP contribution >= 0.6 is 0 Å². The van der Waals surface area contributed by atoms with Crippen LogP contribution in [0.25, 0.3) is 0 Å². The van der Waals surface area contributed by atoms with Crippen molar-refractivity contribution in [2.45, 2.75) is 0 Å². The van der Waals surface area contributed by atoms with Crippen molar-refractivity contribution in [3.05, 3.63) is 62.7 Å². The number of hydrogen-bond donors (Lipinski definition) is 1. The number of aromatic nitrogens is 2. The number of carbonyl (C=O) groups excluding carboxylic acids is 1. The van der Waals surface area contributed by atoms with Gasteiger partial charge in [0.25, 0.3) is 11.6 Å². The first-order valence-corrected chi connectivity index (χ1v) is 5.13. The zero-order chi connectivity index (χ0) is 14.0. The number of benzene rings is 1. The standard InChI is InChI=1S/C11H8N4O4/c12-9-5-6-14(11(17)13-9)10(16)7-1-3-8(4-2-7)15(18)19/h1-6H,(H2,12,13,17). The molecule has 0 aliphatic carbocycles. The zero-order valence-corrected chi connectivity index (χ0v) is 9.52. The van der Waals surface area contributed by atoms with Crippen molar-refractivity contribution in [2.75, 3.05) is 5.73 Å². The van der Waals surface area contributed by atoms with E-state index in [-0.39, 0.29) is 17.1 Å². The topological polar surface area (TPSA) is 121 Å². The van der Waals surface area contributed by atoms with Gasteiger partial charge in [-0.05, 0) is 18.2 Å². The molecule has 96 valence electrons. The maximum absolute atomic E-state index is 12.0. The molecular formula is C11H8N4O4. The summed E-state index contributed by atoms with van der Waals surface area (Å²) in [5, 5.41) is 10.5. The number of hydrogen-bond acceptors (Lipinski definition) is 6. The molecule has 8 nitrogen and oxygen atoms in total. The van der Waals surface area contributed by atoms with Crippen LogP contribution in [0.15, 0.2) is 41.3 Å². The maximum Gasteiger partial charge on any atom is 0.356 e. The van der Waals surface area contributed by atoms with Gasteiger partial charge in [0.2, 0.25) is 0 Å². The van der Waals surface area contributed by atoms with Crippen molar-refractivity contribution in [2.24, 2.45) is 0 Å². The highest BCUT2D eigenvalue weighted by molar-refractivity contribution is 5.95. The zero-order valence-electron chi connectivity index (χ0n) is 9.52. The van der Waals surface area contributed by atoms with Crippen LogP contribution in [0.2, 0.25) is 0 Å². The molecule has 0 bridgehead atoms. The summed E-state index contributed by atoms with van der Waals surface area (Å²) in [6.07, 6.45) is 1.20. The van der Waals surface area contributed by atoms with E-state index in [2.05, 4.69) is 4.98 Å². The van der Waals surface area contributed by atoms with Gasteiger partial charge in [0.05, 0.1) is 4.92 Å². The number of nitro benzene ring substituents is 1. The first kappa shape index (κ1) is 12.4. The van der Waals surface area contributed by atoms with Crippen molar-refractivity contribution >= 4 is 17.4 Å². The predicted octanol–water partition coefficient (Wildman–Crippen LogP) is 0.422. The van der Waals surface area contributed by atoms with E-state index in [0.717, 1.165) is 4.57 Å². The monoisotopic (exact) mass is 260 g/mol. The molecule has 0 fully saturated rings. The molecule has 19 heavy (non-hydrogen) atoms. The molecule has 0 unspecified atom stereocenters. The van der Waals surface area contributed by atoms with E-state index in [1.807, 2.05) is 0 Å². The average molecular weight is 260 g/mol. The van der Waals surface area contributed by atoms with Crippen LogP contribution in [0.5, 0.6) is 0 Å². The third kappa shape index (κ3) is 2.46. The first-order chi connectivity index (χ1) is 8.99. The van der Waals surface area contributed by atoms with Gasteiger partial charge in [-0.25, -0.2) is 9.36 Å². The van der Waals surface area contributed by atoms with Gasteiger partial charge in [0.1, 0.15) is 5.82 Å². The van der Waals surface area contributed by atoms with E-state index in [4.69, 9.17) is 5.73 Å². The van der Waals surface area contributed by atoms with Crippen molar-refractivity contribution in [3.8, 4) is 0 Å². The maximum atomic E-state index is 12.0. The highest BCUT2D eigenvalue weighted by Crippen LogP contribution is 2.12. The largest absolute Gasteiger partial charge is 0.383 e. The molecule has 0 saturated heterocycles. The van der Waals surface area contributed by atoms with E-state index in [1.54, 1.807) is 0 Å². The van der Waals surface area contributed by atoms with E-state index in [9.17, 15) is 19.7 Å². The normalized spacial score (nSPS) is 10.1. The summed E-state index contributed by atoms with van der Waals surface area (Å²) in [6.45, 7) is 0. The lowest BCUT2D eigenvalue weighted by Crippen LogP contribution is -2.29. The third-order valence-corrected chi connectivity index (χ3v) is 2.37. The van der Waals surface area contributed by atoms with Crippen molar-refractivity contribution < 1.29 is 9.72 Å². The molecule has 2 N–H and O–H groups in total. The number of nitro groups is 1. The molecule has 0 atom stereocenters. The number of nitrogens with zero attached hydrogens (tertiary/aromatic N) is 3. The molecule has 0 aliphatic heterocycles. The fourth-order valence-corrected chi connectivity index (χ4v) is 1.44. The Hall–Kier alpha value is -3.03. The minimum Gasteiger partial charge on any atom is -0.383 e. The van der Waals surface area contributed by atoms with Gasteiger partial charge in [-0.2, -0.15) is 4.98 Å². The number of non-ortho nitro benzene ring substituents is 1. The van der Waals surface area contributed by atoms with Gasteiger partial charge < -0.3 is 5.73 Å². The summed E-state index contributed by atoms with van der Waals surface area (Å²) in [4.78, 5) is 36.8. The van der Waals surface area contributed by atoms with Crippen molar-refractivity contribution in [1.82, 2.24) is 9.55 Å². The van der Waals surface area contributed by atoms with Crippen LogP contribution in [-0.2, 0) is 0 Å². The van der Waals surface area contributed by atoms with Crippen LogP contribution in [0.3, 0.4) is 0 Å². The Labute approximate surface area is 106 Å². The summed E-state index contributed by atoms with van der Waals surface area (Å²) in [7, 11) is 0. The summed E-state index contributed by atoms with van der Waals surface area (Å²) in [5.74, 6) is -0.620. The predicted molar refractivity (Wildman–Crippen MR) is 65.7 cm³/mol. The molecule has 0 spiro atoms. The summed E-state index contributed by atoms with van der Waals surface area (Å²) >= 11 is 0. The number of nitrogens with two attached hydrogens (primary N) is 1. The second-order valence-corrected chi connectivity index (χ2v) is 3.61. The molecule has 8 heteroatoms. The number of nitrogen functional groups attached to an aromatic ring is 1. The van der Waals surface area contributed by atoms with Crippen LogP contribution in [-0.4, -0.2) is 20.4 Å². The SMILES string of the molecule is Nc1ccn(C(=O)c2ccc([N+](=O)[O-])cc2)c(=O)n1. The molecule has 0 aliphatic rings. The van der Waals surface area contributed by atoms with Gasteiger partial charge in [-0.15, -0.1) is 0 Å². The Morgan fingerprint density at radius 3 is 2.42 bits per heavy atom. The highest BCUT2D eigenvalue weighted by Gasteiger charge is 2.12. The molecule has 1 aromatic carbocycles. The van der Waals surface area contributed by atoms with Crippen molar-refractivity contribution in [3.63, 3.8) is 0 Å². The van der Waals surface area contributed by atoms with Crippen LogP contribution in [0.4, 0.5) is 11.5 Å². The fraction of sp³-hybridized carbons (Fsp3) is 0. The van der Waals surface area contributed by atoms with Gasteiger partial charge in [0, 0.05) is 23.9 Å². The van der Waals surface area contributed by atoms with Gasteiger partial charge in [0.15, 0.2) is 0 Å². The number of rotatable bonds is 2. The summed E-state index contributed by atoms with van der Waals surface area (Å²) in [5.41, 5.74) is 4.51. The van der Waals surface area contributed by atoms with E-state index in [0.29, 0.717) is 0 Å². The Kier molecular flexibility index (Phi) is 3.06. The summed E-state index contributed by atoms with van der Waals surface area (Å²) in [6, 6.07) is 6.21. The van der Waals surface area contributed by atoms with Gasteiger partial charge >= 0.3 is 5.69 Å². The lowest BCUT2D eigenvalue weighted by Gasteiger charge is -2.03. The van der Waals surface area contributed by atoms with Crippen LogP contribution in [0.1, 0.15) is 10.4 Å². The molecule has 0 saturated carbocycles. The molecule has 2 rings (SSSR count). The second kappa shape index (κ2) is 4.69. The molecule has 1 aromatic heterocycles. The number of anilines is 1. The van der Waals surface area contributed by atoms with Crippen LogP contribution < -0.4 is 11.4 Å². The van der Waals surface area contributed by atoms with Crippen LogP contribution in [0, 0.1) is 10.1 Å². The Bertz CT molecular complexity index is 705. The van der Waals surface area contributed by atoms with E-state index in [1.165, 1.54) is 36.5 Å².